The van der Waals surface area contributed by atoms with E-state index in [1.165, 1.54) is 4.57 Å². The molecule has 5 rings (SSSR count). The first-order chi connectivity index (χ1) is 20.9. The molecule has 220 valence electrons. The quantitative estimate of drug-likeness (QED) is 0.228. The van der Waals surface area contributed by atoms with Gasteiger partial charge in [0.25, 0.3) is 11.8 Å². The first kappa shape index (κ1) is 31.0. The van der Waals surface area contributed by atoms with Crippen LogP contribution < -0.4 is 11.5 Å². The minimum atomic E-state index is -0.674. The highest BCUT2D eigenvalue weighted by molar-refractivity contribution is 6.30. The Hall–Kier alpha value is -5.92. The monoisotopic (exact) mass is 607 g/mol. The zero-order valence-corrected chi connectivity index (χ0v) is 25.2. The fourth-order valence-electron chi connectivity index (χ4n) is 3.94. The Morgan fingerprint density at radius 3 is 1.70 bits per heavy atom. The molecule has 14 heteroatoms. The van der Waals surface area contributed by atoms with E-state index >= 15 is 0 Å². The van der Waals surface area contributed by atoms with Gasteiger partial charge in [-0.05, 0) is 76.8 Å². The SMILES string of the molecule is C#Cc1nc(C(N)=O)n(-c2ccc(C)nn2)c1C.Cc1ccc(-n2c(C(N)=O)nc(C#Cc3ccnc(Cl)c3C)c2C)nn1. The zero-order chi connectivity index (χ0) is 32.1. The van der Waals surface area contributed by atoms with Crippen molar-refractivity contribution >= 4 is 23.4 Å². The van der Waals surface area contributed by atoms with Crippen LogP contribution in [0.25, 0.3) is 11.6 Å². The van der Waals surface area contributed by atoms with E-state index in [1.807, 2.05) is 20.8 Å². The van der Waals surface area contributed by atoms with Crippen LogP contribution in [0.2, 0.25) is 5.15 Å². The maximum atomic E-state index is 11.8. The van der Waals surface area contributed by atoms with Gasteiger partial charge in [0.05, 0.1) is 22.8 Å². The molecule has 0 saturated heterocycles. The van der Waals surface area contributed by atoms with Gasteiger partial charge in [-0.1, -0.05) is 17.5 Å². The third-order valence-electron chi connectivity index (χ3n) is 6.28. The van der Waals surface area contributed by atoms with Crippen molar-refractivity contribution in [2.75, 3.05) is 0 Å². The van der Waals surface area contributed by atoms with Crippen LogP contribution in [0, 0.1) is 58.8 Å². The summed E-state index contributed by atoms with van der Waals surface area (Å²) in [4.78, 5) is 35.5. The van der Waals surface area contributed by atoms with Gasteiger partial charge in [-0.25, -0.2) is 15.0 Å². The second kappa shape index (κ2) is 12.9. The second-order valence-corrected chi connectivity index (χ2v) is 9.73. The normalized spacial score (nSPS) is 10.2. The molecule has 0 saturated carbocycles. The summed E-state index contributed by atoms with van der Waals surface area (Å²) in [6, 6.07) is 8.81. The molecule has 0 radical (unpaired) electrons. The molecule has 5 aromatic rings. The smallest absolute Gasteiger partial charge is 0.285 e. The van der Waals surface area contributed by atoms with Crippen molar-refractivity contribution in [2.45, 2.75) is 34.6 Å². The number of nitrogens with two attached hydrogens (primary N) is 2. The summed E-state index contributed by atoms with van der Waals surface area (Å²) < 4.78 is 3.05. The lowest BCUT2D eigenvalue weighted by molar-refractivity contribution is 0.0980. The number of primary amides is 2. The Morgan fingerprint density at radius 2 is 1.25 bits per heavy atom. The molecule has 5 aromatic heterocycles. The third kappa shape index (κ3) is 6.43. The molecule has 0 spiro atoms. The number of hydrogen-bond donors (Lipinski definition) is 2. The first-order valence-electron chi connectivity index (χ1n) is 12.9. The van der Waals surface area contributed by atoms with Crippen molar-refractivity contribution in [3.05, 3.63) is 98.6 Å². The number of carbonyl (C=O) groups is 2. The van der Waals surface area contributed by atoms with E-state index in [0.717, 1.165) is 22.5 Å². The summed E-state index contributed by atoms with van der Waals surface area (Å²) in [5, 5.41) is 16.4. The summed E-state index contributed by atoms with van der Waals surface area (Å²) in [5.74, 6) is 8.06. The van der Waals surface area contributed by atoms with Gasteiger partial charge in [0.2, 0.25) is 11.6 Å². The molecule has 13 nitrogen and oxygen atoms in total. The van der Waals surface area contributed by atoms with Gasteiger partial charge in [-0.15, -0.1) is 16.6 Å². The van der Waals surface area contributed by atoms with Gasteiger partial charge >= 0.3 is 0 Å². The molecule has 0 unspecified atom stereocenters. The predicted octanol–water partition coefficient (Wildman–Crippen LogP) is 2.49. The van der Waals surface area contributed by atoms with Gasteiger partial charge in [0.1, 0.15) is 16.5 Å². The van der Waals surface area contributed by atoms with E-state index in [1.54, 1.807) is 54.9 Å². The van der Waals surface area contributed by atoms with Crippen LogP contribution in [0.5, 0.6) is 0 Å². The van der Waals surface area contributed by atoms with Gasteiger partial charge in [-0.3, -0.25) is 18.7 Å². The maximum Gasteiger partial charge on any atom is 0.285 e. The number of carbonyl (C=O) groups excluding carboxylic acids is 2. The Morgan fingerprint density at radius 1 is 0.750 bits per heavy atom. The summed E-state index contributed by atoms with van der Waals surface area (Å²) in [7, 11) is 0. The molecular weight excluding hydrogens is 582 g/mol. The predicted molar refractivity (Wildman–Crippen MR) is 162 cm³/mol. The van der Waals surface area contributed by atoms with E-state index in [9.17, 15) is 9.59 Å². The molecule has 0 fully saturated rings. The minimum absolute atomic E-state index is 0.0504. The molecule has 5 heterocycles. The largest absolute Gasteiger partial charge is 0.363 e. The number of aryl methyl sites for hydroxylation is 2. The van der Waals surface area contributed by atoms with Crippen molar-refractivity contribution in [1.29, 1.82) is 0 Å². The molecule has 44 heavy (non-hydrogen) atoms. The lowest BCUT2D eigenvalue weighted by atomic mass is 10.1. The summed E-state index contributed by atoms with van der Waals surface area (Å²) >= 11 is 6.02. The van der Waals surface area contributed by atoms with Crippen molar-refractivity contribution in [3.8, 4) is 35.8 Å². The number of imidazole rings is 2. The molecule has 0 aliphatic rings. The molecule has 4 N–H and O–H groups in total. The van der Waals surface area contributed by atoms with Gasteiger partial charge in [0, 0.05) is 17.3 Å². The Balaban J connectivity index is 0.000000215. The molecular formula is C30H26ClN11O2. The number of amides is 2. The maximum absolute atomic E-state index is 11.8. The first-order valence-corrected chi connectivity index (χ1v) is 13.3. The van der Waals surface area contributed by atoms with Crippen molar-refractivity contribution in [3.63, 3.8) is 0 Å². The van der Waals surface area contributed by atoms with Gasteiger partial charge in [0.15, 0.2) is 11.6 Å². The fraction of sp³-hybridized carbons (Fsp3) is 0.167. The molecule has 0 bridgehead atoms. The van der Waals surface area contributed by atoms with Crippen LogP contribution in [0.1, 0.15) is 66.5 Å². The van der Waals surface area contributed by atoms with Crippen LogP contribution >= 0.6 is 11.6 Å². The van der Waals surface area contributed by atoms with Crippen LogP contribution in [0.15, 0.2) is 36.5 Å². The Bertz CT molecular complexity index is 1990. The number of rotatable bonds is 4. The minimum Gasteiger partial charge on any atom is -0.363 e. The highest BCUT2D eigenvalue weighted by atomic mass is 35.5. The van der Waals surface area contributed by atoms with Gasteiger partial charge in [-0.2, -0.15) is 10.2 Å². The van der Waals surface area contributed by atoms with Crippen molar-refractivity contribution in [1.82, 2.24) is 44.5 Å². The summed E-state index contributed by atoms with van der Waals surface area (Å²) in [5.41, 5.74) is 15.9. The van der Waals surface area contributed by atoms with Crippen molar-refractivity contribution in [2.24, 2.45) is 11.5 Å². The summed E-state index contributed by atoms with van der Waals surface area (Å²) in [6.07, 6.45) is 6.91. The lowest BCUT2D eigenvalue weighted by Gasteiger charge is -2.06. The molecule has 2 amide bonds. The fourth-order valence-corrected chi connectivity index (χ4v) is 4.10. The Kier molecular flexibility index (Phi) is 9.12. The third-order valence-corrected chi connectivity index (χ3v) is 6.66. The van der Waals surface area contributed by atoms with E-state index in [4.69, 9.17) is 29.5 Å². The zero-order valence-electron chi connectivity index (χ0n) is 24.4. The number of pyridine rings is 1. The molecule has 0 aliphatic heterocycles. The van der Waals surface area contributed by atoms with E-state index in [2.05, 4.69) is 53.1 Å². The van der Waals surface area contributed by atoms with E-state index in [-0.39, 0.29) is 11.6 Å². The summed E-state index contributed by atoms with van der Waals surface area (Å²) in [6.45, 7) is 9.01. The van der Waals surface area contributed by atoms with Crippen LogP contribution in [0.3, 0.4) is 0 Å². The Labute approximate surface area is 257 Å². The molecule has 0 aliphatic carbocycles. The number of halogens is 1. The van der Waals surface area contributed by atoms with Crippen LogP contribution in [0.4, 0.5) is 0 Å². The second-order valence-electron chi connectivity index (χ2n) is 9.37. The van der Waals surface area contributed by atoms with Crippen LogP contribution in [-0.2, 0) is 0 Å². The highest BCUT2D eigenvalue weighted by Gasteiger charge is 2.20. The van der Waals surface area contributed by atoms with E-state index in [0.29, 0.717) is 39.6 Å². The van der Waals surface area contributed by atoms with Gasteiger partial charge < -0.3 is 11.5 Å². The topological polar surface area (TPSA) is 186 Å². The standard InChI is InChI=1S/C18H15ClN6O.C12H11N5O/c1-10-4-7-15(24-23-10)25-12(3)14(22-18(25)17(20)26)6-5-13-8-9-21-16(19)11(13)2;1-4-9-8(3)17(12(14-9)11(13)18)10-6-5-7(2)15-16-10/h4,7-9H,1-3H3,(H2,20,26);1,5-6H,2-3H3,(H2,13,18). The number of aromatic nitrogens is 9. The average Bonchev–Trinajstić information content (AvgIpc) is 3.51. The number of nitrogens with zero attached hydrogens (tertiary/aromatic N) is 9. The number of terminal acetylenes is 1. The van der Waals surface area contributed by atoms with Crippen LogP contribution in [-0.4, -0.2) is 56.3 Å². The molecule has 0 atom stereocenters. The van der Waals surface area contributed by atoms with Crippen molar-refractivity contribution < 1.29 is 9.59 Å². The highest BCUT2D eigenvalue weighted by Crippen LogP contribution is 2.18. The van der Waals surface area contributed by atoms with E-state index < -0.39 is 11.8 Å². The number of hydrogen-bond acceptors (Lipinski definition) is 9. The average molecular weight is 608 g/mol. The lowest BCUT2D eigenvalue weighted by Crippen LogP contribution is -2.18. The molecule has 0 aromatic carbocycles.